The third-order valence-corrected chi connectivity index (χ3v) is 2.93. The summed E-state index contributed by atoms with van der Waals surface area (Å²) in [6, 6.07) is 10.6. The number of hydrogen-bond donors (Lipinski definition) is 2. The minimum atomic E-state index is 0.265. The summed E-state index contributed by atoms with van der Waals surface area (Å²) in [5.41, 5.74) is 1.40. The minimum absolute atomic E-state index is 0.265. The van der Waals surface area contributed by atoms with Gasteiger partial charge in [0.2, 0.25) is 0 Å². The maximum atomic E-state index is 8.88. The quantitative estimate of drug-likeness (QED) is 0.693. The van der Waals surface area contributed by atoms with Gasteiger partial charge < -0.3 is 10.4 Å². The van der Waals surface area contributed by atoms with Crippen LogP contribution in [0.4, 0.5) is 0 Å². The number of nitrogens with one attached hydrogen (secondary N) is 1. The number of rotatable bonds is 7. The van der Waals surface area contributed by atoms with E-state index in [1.807, 2.05) is 6.92 Å². The monoisotopic (exact) mass is 221 g/mol. The van der Waals surface area contributed by atoms with Gasteiger partial charge in [-0.05, 0) is 36.9 Å². The second-order valence-corrected chi connectivity index (χ2v) is 4.59. The van der Waals surface area contributed by atoms with Crippen LogP contribution in [-0.4, -0.2) is 24.8 Å². The van der Waals surface area contributed by atoms with Crippen molar-refractivity contribution in [3.63, 3.8) is 0 Å². The van der Waals surface area contributed by atoms with E-state index in [1.54, 1.807) is 0 Å². The molecule has 2 nitrogen and oxygen atoms in total. The van der Waals surface area contributed by atoms with Crippen molar-refractivity contribution in [2.75, 3.05) is 19.7 Å². The van der Waals surface area contributed by atoms with Gasteiger partial charge in [0.1, 0.15) is 0 Å². The second kappa shape index (κ2) is 7.42. The molecule has 0 aliphatic carbocycles. The first kappa shape index (κ1) is 13.2. The predicted octanol–water partition coefficient (Wildman–Crippen LogP) is 2.40. The Bertz CT molecular complexity index is 273. The van der Waals surface area contributed by atoms with E-state index < -0.39 is 0 Å². The van der Waals surface area contributed by atoms with Gasteiger partial charge in [-0.15, -0.1) is 0 Å². The molecule has 1 aromatic carbocycles. The van der Waals surface area contributed by atoms with Crippen molar-refractivity contribution in [1.29, 1.82) is 0 Å². The zero-order valence-electron chi connectivity index (χ0n) is 10.3. The molecule has 1 aromatic rings. The smallest absolute Gasteiger partial charge is 0.0468 e. The first-order chi connectivity index (χ1) is 7.74. The minimum Gasteiger partial charge on any atom is -0.396 e. The average molecular weight is 221 g/mol. The van der Waals surface area contributed by atoms with Gasteiger partial charge in [-0.3, -0.25) is 0 Å². The van der Waals surface area contributed by atoms with E-state index >= 15 is 0 Å². The van der Waals surface area contributed by atoms with Gasteiger partial charge in [0.15, 0.2) is 0 Å². The van der Waals surface area contributed by atoms with Crippen LogP contribution in [0.25, 0.3) is 0 Å². The normalized spacial score (nSPS) is 14.7. The van der Waals surface area contributed by atoms with Crippen molar-refractivity contribution in [2.45, 2.75) is 26.2 Å². The lowest BCUT2D eigenvalue weighted by atomic mass is 9.98. The molecule has 0 amide bonds. The third-order valence-electron chi connectivity index (χ3n) is 2.93. The molecule has 0 aliphatic heterocycles. The van der Waals surface area contributed by atoms with Crippen molar-refractivity contribution < 1.29 is 5.11 Å². The first-order valence-corrected chi connectivity index (χ1v) is 6.10. The highest BCUT2D eigenvalue weighted by Gasteiger charge is 2.04. The molecule has 1 rings (SSSR count). The lowest BCUT2D eigenvalue weighted by Gasteiger charge is -2.13. The maximum Gasteiger partial charge on any atom is 0.0468 e. The van der Waals surface area contributed by atoms with E-state index in [2.05, 4.69) is 42.6 Å². The lowest BCUT2D eigenvalue weighted by Crippen LogP contribution is -2.24. The molecule has 0 bridgehead atoms. The van der Waals surface area contributed by atoms with Crippen LogP contribution in [0.1, 0.15) is 31.7 Å². The number of aliphatic hydroxyl groups is 1. The van der Waals surface area contributed by atoms with Crippen LogP contribution in [0, 0.1) is 5.92 Å². The largest absolute Gasteiger partial charge is 0.396 e. The van der Waals surface area contributed by atoms with Gasteiger partial charge in [-0.1, -0.05) is 44.2 Å². The molecule has 0 heterocycles. The predicted molar refractivity (Wildman–Crippen MR) is 68.6 cm³/mol. The Hall–Kier alpha value is -0.860. The van der Waals surface area contributed by atoms with E-state index in [-0.39, 0.29) is 6.61 Å². The zero-order chi connectivity index (χ0) is 11.8. The van der Waals surface area contributed by atoms with Gasteiger partial charge in [-0.25, -0.2) is 0 Å². The Morgan fingerprint density at radius 3 is 2.50 bits per heavy atom. The number of aliphatic hydroxyl groups excluding tert-OH is 1. The summed E-state index contributed by atoms with van der Waals surface area (Å²) in [6.45, 7) is 6.49. The van der Waals surface area contributed by atoms with E-state index in [9.17, 15) is 0 Å². The average Bonchev–Trinajstić information content (AvgIpc) is 2.35. The van der Waals surface area contributed by atoms with Gasteiger partial charge >= 0.3 is 0 Å². The van der Waals surface area contributed by atoms with Crippen molar-refractivity contribution in [2.24, 2.45) is 5.92 Å². The Labute approximate surface area is 98.7 Å². The summed E-state index contributed by atoms with van der Waals surface area (Å²) < 4.78 is 0. The van der Waals surface area contributed by atoms with Crippen LogP contribution >= 0.6 is 0 Å². The van der Waals surface area contributed by atoms with Crippen LogP contribution in [0.5, 0.6) is 0 Å². The van der Waals surface area contributed by atoms with E-state index in [1.165, 1.54) is 5.56 Å². The van der Waals surface area contributed by atoms with E-state index in [0.717, 1.165) is 19.5 Å². The molecule has 16 heavy (non-hydrogen) atoms. The summed E-state index contributed by atoms with van der Waals surface area (Å²) in [5.74, 6) is 0.949. The Morgan fingerprint density at radius 1 is 1.19 bits per heavy atom. The van der Waals surface area contributed by atoms with E-state index in [0.29, 0.717) is 11.8 Å². The maximum absolute atomic E-state index is 8.88. The van der Waals surface area contributed by atoms with Crippen LogP contribution < -0.4 is 5.32 Å². The number of hydrogen-bond acceptors (Lipinski definition) is 2. The highest BCUT2D eigenvalue weighted by atomic mass is 16.3. The fourth-order valence-corrected chi connectivity index (χ4v) is 1.68. The standard InChI is InChI=1S/C14H23NO/c1-12(11-16)10-15-9-8-13(2)14-6-4-3-5-7-14/h3-7,12-13,15-16H,8-11H2,1-2H3. The summed E-state index contributed by atoms with van der Waals surface area (Å²) in [4.78, 5) is 0. The molecular formula is C14H23NO. The van der Waals surface area contributed by atoms with Crippen molar-refractivity contribution in [3.05, 3.63) is 35.9 Å². The second-order valence-electron chi connectivity index (χ2n) is 4.59. The molecule has 2 unspecified atom stereocenters. The van der Waals surface area contributed by atoms with Crippen LogP contribution in [0.15, 0.2) is 30.3 Å². The molecule has 90 valence electrons. The topological polar surface area (TPSA) is 32.3 Å². The Kier molecular flexibility index (Phi) is 6.12. The van der Waals surface area contributed by atoms with Gasteiger partial charge in [0.25, 0.3) is 0 Å². The fourth-order valence-electron chi connectivity index (χ4n) is 1.68. The van der Waals surface area contributed by atoms with Gasteiger partial charge in [-0.2, -0.15) is 0 Å². The van der Waals surface area contributed by atoms with E-state index in [4.69, 9.17) is 5.11 Å². The fraction of sp³-hybridized carbons (Fsp3) is 0.571. The lowest BCUT2D eigenvalue weighted by molar-refractivity contribution is 0.233. The summed E-state index contributed by atoms with van der Waals surface area (Å²) in [6.07, 6.45) is 1.14. The molecule has 2 heteroatoms. The Morgan fingerprint density at radius 2 is 1.88 bits per heavy atom. The molecular weight excluding hydrogens is 198 g/mol. The third kappa shape index (κ3) is 4.77. The van der Waals surface area contributed by atoms with Gasteiger partial charge in [0, 0.05) is 6.61 Å². The highest BCUT2D eigenvalue weighted by molar-refractivity contribution is 5.18. The van der Waals surface area contributed by atoms with Crippen molar-refractivity contribution in [3.8, 4) is 0 Å². The van der Waals surface area contributed by atoms with Crippen molar-refractivity contribution >= 4 is 0 Å². The van der Waals surface area contributed by atoms with Gasteiger partial charge in [0.05, 0.1) is 0 Å². The van der Waals surface area contributed by atoms with Crippen molar-refractivity contribution in [1.82, 2.24) is 5.32 Å². The number of benzene rings is 1. The highest BCUT2D eigenvalue weighted by Crippen LogP contribution is 2.17. The van der Waals surface area contributed by atoms with Crippen LogP contribution in [0.2, 0.25) is 0 Å². The van der Waals surface area contributed by atoms with Crippen LogP contribution in [-0.2, 0) is 0 Å². The Balaban J connectivity index is 2.18. The molecule has 0 saturated carbocycles. The summed E-state index contributed by atoms with van der Waals surface area (Å²) in [5, 5.41) is 12.3. The summed E-state index contributed by atoms with van der Waals surface area (Å²) in [7, 11) is 0. The molecule has 0 spiro atoms. The molecule has 0 fully saturated rings. The first-order valence-electron chi connectivity index (χ1n) is 6.10. The zero-order valence-corrected chi connectivity index (χ0v) is 10.3. The molecule has 0 radical (unpaired) electrons. The molecule has 2 N–H and O–H groups in total. The summed E-state index contributed by atoms with van der Waals surface area (Å²) >= 11 is 0. The molecule has 0 aliphatic rings. The SMILES string of the molecule is CC(CO)CNCCC(C)c1ccccc1. The van der Waals surface area contributed by atoms with Crippen LogP contribution in [0.3, 0.4) is 0 Å². The molecule has 0 saturated heterocycles. The molecule has 2 atom stereocenters. The molecule has 0 aromatic heterocycles.